The van der Waals surface area contributed by atoms with E-state index in [1.165, 1.54) is 0 Å². The van der Waals surface area contributed by atoms with Crippen molar-refractivity contribution >= 4 is 17.7 Å². The van der Waals surface area contributed by atoms with E-state index in [1.807, 2.05) is 45.0 Å². The highest BCUT2D eigenvalue weighted by molar-refractivity contribution is 5.89. The zero-order valence-corrected chi connectivity index (χ0v) is 16.2. The number of benzene rings is 1. The van der Waals surface area contributed by atoms with Crippen molar-refractivity contribution in [3.8, 4) is 0 Å². The average molecular weight is 362 g/mol. The Morgan fingerprint density at radius 2 is 1.77 bits per heavy atom. The van der Waals surface area contributed by atoms with Gasteiger partial charge in [-0.05, 0) is 70.7 Å². The lowest BCUT2D eigenvalue weighted by Crippen LogP contribution is -2.40. The first-order chi connectivity index (χ1) is 12.3. The first-order valence-corrected chi connectivity index (χ1v) is 9.27. The zero-order valence-electron chi connectivity index (χ0n) is 16.2. The number of nitrogens with zero attached hydrogens (tertiary/aromatic N) is 1. The van der Waals surface area contributed by atoms with Crippen molar-refractivity contribution in [3.05, 3.63) is 29.8 Å². The highest BCUT2D eigenvalue weighted by atomic mass is 16.6. The monoisotopic (exact) mass is 362 g/mol. The number of piperidine rings is 1. The summed E-state index contributed by atoms with van der Waals surface area (Å²) < 4.78 is 10.3. The summed E-state index contributed by atoms with van der Waals surface area (Å²) in [6.07, 6.45) is 1.67. The van der Waals surface area contributed by atoms with Crippen LogP contribution < -0.4 is 10.2 Å². The average Bonchev–Trinajstić information content (AvgIpc) is 2.59. The number of alkyl carbamates (subject to hydrolysis) is 1. The van der Waals surface area contributed by atoms with E-state index in [-0.39, 0.29) is 12.1 Å². The molecule has 0 saturated carbocycles. The number of hydrogen-bond acceptors (Lipinski definition) is 5. The summed E-state index contributed by atoms with van der Waals surface area (Å²) in [5, 5.41) is 2.86. The van der Waals surface area contributed by atoms with Crippen LogP contribution in [-0.2, 0) is 9.47 Å². The van der Waals surface area contributed by atoms with Crippen LogP contribution in [0.4, 0.5) is 10.5 Å². The van der Waals surface area contributed by atoms with Gasteiger partial charge in [-0.25, -0.2) is 9.59 Å². The van der Waals surface area contributed by atoms with Gasteiger partial charge in [-0.2, -0.15) is 0 Å². The Bertz CT molecular complexity index is 599. The second kappa shape index (κ2) is 8.92. The molecule has 0 radical (unpaired) electrons. The van der Waals surface area contributed by atoms with Crippen LogP contribution in [0.3, 0.4) is 0 Å². The summed E-state index contributed by atoms with van der Waals surface area (Å²) in [6, 6.07) is 7.55. The molecule has 144 valence electrons. The second-order valence-electron chi connectivity index (χ2n) is 7.58. The summed E-state index contributed by atoms with van der Waals surface area (Å²) >= 11 is 0. The molecule has 1 fully saturated rings. The highest BCUT2D eigenvalue weighted by Gasteiger charge is 2.22. The van der Waals surface area contributed by atoms with Gasteiger partial charge in [0.1, 0.15) is 5.60 Å². The van der Waals surface area contributed by atoms with Crippen LogP contribution in [0.1, 0.15) is 50.9 Å². The Balaban J connectivity index is 1.77. The third-order valence-corrected chi connectivity index (χ3v) is 4.29. The maximum Gasteiger partial charge on any atom is 0.407 e. The van der Waals surface area contributed by atoms with Crippen molar-refractivity contribution in [3.63, 3.8) is 0 Å². The lowest BCUT2D eigenvalue weighted by Gasteiger charge is -2.33. The predicted molar refractivity (Wildman–Crippen MR) is 102 cm³/mol. The molecule has 26 heavy (non-hydrogen) atoms. The Labute approximate surface area is 155 Å². The van der Waals surface area contributed by atoms with Crippen LogP contribution in [0.25, 0.3) is 0 Å². The largest absolute Gasteiger partial charge is 0.462 e. The number of amides is 1. The molecule has 0 atom stereocenters. The molecule has 6 heteroatoms. The lowest BCUT2D eigenvalue weighted by atomic mass is 9.96. The number of carbonyl (C=O) groups is 2. The van der Waals surface area contributed by atoms with E-state index in [9.17, 15) is 9.59 Å². The van der Waals surface area contributed by atoms with Crippen LogP contribution in [-0.4, -0.2) is 43.9 Å². The first kappa shape index (κ1) is 20.1. The summed E-state index contributed by atoms with van der Waals surface area (Å²) in [5.74, 6) is 0.170. The van der Waals surface area contributed by atoms with Crippen LogP contribution in [0.2, 0.25) is 0 Å². The molecule has 0 bridgehead atoms. The van der Waals surface area contributed by atoms with Crippen molar-refractivity contribution in [2.45, 2.75) is 46.1 Å². The van der Waals surface area contributed by atoms with Crippen LogP contribution >= 0.6 is 0 Å². The fourth-order valence-electron chi connectivity index (χ4n) is 2.96. The molecule has 1 N–H and O–H groups in total. The maximum absolute atomic E-state index is 11.7. The minimum absolute atomic E-state index is 0.286. The Morgan fingerprint density at radius 3 is 2.31 bits per heavy atom. The van der Waals surface area contributed by atoms with E-state index in [2.05, 4.69) is 10.2 Å². The molecule has 0 aliphatic carbocycles. The second-order valence-corrected chi connectivity index (χ2v) is 7.58. The van der Waals surface area contributed by atoms with Gasteiger partial charge in [-0.3, -0.25) is 0 Å². The van der Waals surface area contributed by atoms with Gasteiger partial charge >= 0.3 is 12.1 Å². The van der Waals surface area contributed by atoms with Gasteiger partial charge in [0.15, 0.2) is 0 Å². The van der Waals surface area contributed by atoms with Gasteiger partial charge < -0.3 is 19.7 Å². The molecule has 1 amide bonds. The van der Waals surface area contributed by atoms with Gasteiger partial charge in [0.2, 0.25) is 0 Å². The van der Waals surface area contributed by atoms with Gasteiger partial charge in [-0.1, -0.05) is 0 Å². The van der Waals surface area contributed by atoms with Crippen molar-refractivity contribution in [1.82, 2.24) is 5.32 Å². The third-order valence-electron chi connectivity index (χ3n) is 4.29. The molecule has 1 aliphatic rings. The van der Waals surface area contributed by atoms with E-state index in [0.29, 0.717) is 24.6 Å². The molecular weight excluding hydrogens is 332 g/mol. The third kappa shape index (κ3) is 6.24. The van der Waals surface area contributed by atoms with E-state index in [0.717, 1.165) is 31.6 Å². The van der Waals surface area contributed by atoms with Crippen molar-refractivity contribution in [2.75, 3.05) is 31.1 Å². The predicted octanol–water partition coefficient (Wildman–Crippen LogP) is 3.60. The molecule has 6 nitrogen and oxygen atoms in total. The topological polar surface area (TPSA) is 67.9 Å². The molecule has 0 unspecified atom stereocenters. The Hall–Kier alpha value is -2.24. The molecule has 1 heterocycles. The first-order valence-electron chi connectivity index (χ1n) is 9.27. The van der Waals surface area contributed by atoms with E-state index in [1.54, 1.807) is 6.92 Å². The fraction of sp³-hybridized carbons (Fsp3) is 0.600. The number of nitrogens with one attached hydrogen (secondary N) is 1. The molecule has 1 aromatic rings. The number of ether oxygens (including phenoxy) is 2. The zero-order chi connectivity index (χ0) is 19.2. The standard InChI is InChI=1S/C20H30N2O4/c1-5-25-18(23)16-6-8-17(9-7-16)22-12-10-15(11-13-22)14-21-19(24)26-20(2,3)4/h6-9,15H,5,10-14H2,1-4H3,(H,21,24). The molecule has 2 rings (SSSR count). The summed E-state index contributed by atoms with van der Waals surface area (Å²) in [7, 11) is 0. The minimum atomic E-state index is -0.469. The normalized spacial score (nSPS) is 15.5. The number of hydrogen-bond donors (Lipinski definition) is 1. The van der Waals surface area contributed by atoms with Gasteiger partial charge in [0.05, 0.1) is 12.2 Å². The van der Waals surface area contributed by atoms with Crippen molar-refractivity contribution in [1.29, 1.82) is 0 Å². The number of anilines is 1. The summed E-state index contributed by atoms with van der Waals surface area (Å²) in [4.78, 5) is 25.8. The van der Waals surface area contributed by atoms with Gasteiger partial charge in [0, 0.05) is 25.3 Å². The quantitative estimate of drug-likeness (QED) is 0.811. The maximum atomic E-state index is 11.7. The highest BCUT2D eigenvalue weighted by Crippen LogP contribution is 2.23. The van der Waals surface area contributed by atoms with Crippen molar-refractivity contribution in [2.24, 2.45) is 5.92 Å². The summed E-state index contributed by atoms with van der Waals surface area (Å²) in [5.41, 5.74) is 1.21. The molecule has 1 aliphatic heterocycles. The van der Waals surface area contributed by atoms with E-state index < -0.39 is 5.60 Å². The number of esters is 1. The molecule has 0 aromatic heterocycles. The Kier molecular flexibility index (Phi) is 6.89. The molecule has 1 saturated heterocycles. The van der Waals surface area contributed by atoms with Crippen LogP contribution in [0, 0.1) is 5.92 Å². The van der Waals surface area contributed by atoms with E-state index >= 15 is 0 Å². The molecular formula is C20H30N2O4. The number of carbonyl (C=O) groups excluding carboxylic acids is 2. The molecule has 0 spiro atoms. The van der Waals surface area contributed by atoms with Crippen LogP contribution in [0.15, 0.2) is 24.3 Å². The van der Waals surface area contributed by atoms with Gasteiger partial charge in [-0.15, -0.1) is 0 Å². The SMILES string of the molecule is CCOC(=O)c1ccc(N2CCC(CNC(=O)OC(C)(C)C)CC2)cc1. The van der Waals surface area contributed by atoms with Gasteiger partial charge in [0.25, 0.3) is 0 Å². The summed E-state index contributed by atoms with van der Waals surface area (Å²) in [6.45, 7) is 10.3. The Morgan fingerprint density at radius 1 is 1.15 bits per heavy atom. The van der Waals surface area contributed by atoms with Crippen LogP contribution in [0.5, 0.6) is 0 Å². The fourth-order valence-corrected chi connectivity index (χ4v) is 2.96. The van der Waals surface area contributed by atoms with E-state index in [4.69, 9.17) is 9.47 Å². The minimum Gasteiger partial charge on any atom is -0.462 e. The van der Waals surface area contributed by atoms with Crippen molar-refractivity contribution < 1.29 is 19.1 Å². The lowest BCUT2D eigenvalue weighted by molar-refractivity contribution is 0.0510. The molecule has 1 aromatic carbocycles. The number of rotatable bonds is 5. The smallest absolute Gasteiger partial charge is 0.407 e.